The fraction of sp³-hybridized carbons (Fsp3) is 0.242. The van der Waals surface area contributed by atoms with Gasteiger partial charge in [-0.25, -0.2) is 14.4 Å². The topological polar surface area (TPSA) is 86.5 Å². The largest absolute Gasteiger partial charge is 0.505 e. The van der Waals surface area contributed by atoms with Gasteiger partial charge in [0.05, 0.1) is 16.9 Å². The number of nitrogens with one attached hydrogen (secondary N) is 1. The highest BCUT2D eigenvalue weighted by molar-refractivity contribution is 5.96. The highest BCUT2D eigenvalue weighted by Gasteiger charge is 2.27. The quantitative estimate of drug-likeness (QED) is 0.300. The Hall–Kier alpha value is -4.92. The van der Waals surface area contributed by atoms with Crippen LogP contribution in [0.25, 0.3) is 22.2 Å². The van der Waals surface area contributed by atoms with Crippen molar-refractivity contribution in [3.05, 3.63) is 101 Å². The Morgan fingerprint density at radius 2 is 1.79 bits per heavy atom. The number of hydrogen-bond acceptors (Lipinski definition) is 6. The van der Waals surface area contributed by atoms with Gasteiger partial charge in [0.25, 0.3) is 5.91 Å². The first-order valence-electron chi connectivity index (χ1n) is 14.3. The number of carbonyl (C=O) groups is 1. The molecule has 0 aliphatic carbocycles. The normalized spacial score (nSPS) is 14.5. The molecule has 2 N–H and O–H groups in total. The SMILES string of the molecule is CNc1ccc(C(=O)N2CCN(c3nccc(-c4cc5c6c(c4)c(O)c(Cc4ccccc4F)n6CC5)n3)CC2)cc1. The number of rotatable bonds is 6. The van der Waals surface area contributed by atoms with E-state index in [0.717, 1.165) is 52.1 Å². The highest BCUT2D eigenvalue weighted by Crippen LogP contribution is 2.41. The second-order valence-electron chi connectivity index (χ2n) is 10.8. The molecule has 7 rings (SSSR count). The van der Waals surface area contributed by atoms with E-state index in [1.165, 1.54) is 6.07 Å². The summed E-state index contributed by atoms with van der Waals surface area (Å²) < 4.78 is 16.5. The average Bonchev–Trinajstić information content (AvgIpc) is 3.58. The van der Waals surface area contributed by atoms with Crippen molar-refractivity contribution in [2.24, 2.45) is 0 Å². The third kappa shape index (κ3) is 4.51. The van der Waals surface area contributed by atoms with Gasteiger partial charge >= 0.3 is 0 Å². The second-order valence-corrected chi connectivity index (χ2v) is 10.8. The van der Waals surface area contributed by atoms with Crippen molar-refractivity contribution in [2.75, 3.05) is 43.4 Å². The molecule has 5 aromatic rings. The highest BCUT2D eigenvalue weighted by atomic mass is 19.1. The van der Waals surface area contributed by atoms with Crippen molar-refractivity contribution >= 4 is 28.4 Å². The van der Waals surface area contributed by atoms with Crippen molar-refractivity contribution in [1.82, 2.24) is 19.4 Å². The van der Waals surface area contributed by atoms with Crippen molar-refractivity contribution in [1.29, 1.82) is 0 Å². The molecule has 9 heteroatoms. The predicted molar refractivity (Wildman–Crippen MR) is 162 cm³/mol. The number of aromatic nitrogens is 3. The van der Waals surface area contributed by atoms with Crippen LogP contribution in [0.1, 0.15) is 27.2 Å². The van der Waals surface area contributed by atoms with Gasteiger partial charge in [-0.2, -0.15) is 0 Å². The molecule has 0 bridgehead atoms. The van der Waals surface area contributed by atoms with Crippen LogP contribution in [0.4, 0.5) is 16.0 Å². The molecule has 4 heterocycles. The number of piperazine rings is 1. The van der Waals surface area contributed by atoms with E-state index in [1.807, 2.05) is 54.4 Å². The van der Waals surface area contributed by atoms with Crippen molar-refractivity contribution in [2.45, 2.75) is 19.4 Å². The van der Waals surface area contributed by atoms with E-state index < -0.39 is 0 Å². The summed E-state index contributed by atoms with van der Waals surface area (Å²) in [5.41, 5.74) is 6.79. The number of carbonyl (C=O) groups excluding carboxylic acids is 1. The Bertz CT molecular complexity index is 1810. The van der Waals surface area contributed by atoms with Crippen LogP contribution in [0.15, 0.2) is 72.9 Å². The van der Waals surface area contributed by atoms with E-state index in [-0.39, 0.29) is 17.5 Å². The maximum absolute atomic E-state index is 14.4. The summed E-state index contributed by atoms with van der Waals surface area (Å²) in [6.07, 6.45) is 2.93. The molecule has 1 fully saturated rings. The van der Waals surface area contributed by atoms with Gasteiger partial charge in [-0.15, -0.1) is 0 Å². The van der Waals surface area contributed by atoms with Gasteiger partial charge in [0.2, 0.25) is 5.95 Å². The van der Waals surface area contributed by atoms with Gasteiger partial charge in [0.1, 0.15) is 11.6 Å². The molecule has 212 valence electrons. The van der Waals surface area contributed by atoms with Gasteiger partial charge in [-0.05, 0) is 66.1 Å². The standard InChI is InChI=1S/C33H31FN6O2/c1-35-25-8-6-21(7-9-25)32(42)38-14-16-39(17-15-38)33-36-12-10-28(37-33)24-18-23-11-13-40-29(31(41)26(19-24)30(23)40)20-22-4-2-3-5-27(22)34/h2-10,12,18-19,35,41H,11,13-17,20H2,1H3. The summed E-state index contributed by atoms with van der Waals surface area (Å²) in [4.78, 5) is 26.4. The monoisotopic (exact) mass is 562 g/mol. The van der Waals surface area contributed by atoms with Crippen LogP contribution in [0, 0.1) is 5.82 Å². The lowest BCUT2D eigenvalue weighted by Crippen LogP contribution is -2.49. The minimum Gasteiger partial charge on any atom is -0.505 e. The second kappa shape index (κ2) is 10.5. The van der Waals surface area contributed by atoms with E-state index in [9.17, 15) is 14.3 Å². The molecule has 1 amide bonds. The van der Waals surface area contributed by atoms with Crippen molar-refractivity contribution in [3.63, 3.8) is 0 Å². The molecular weight excluding hydrogens is 531 g/mol. The molecule has 2 aliphatic heterocycles. The Kier molecular flexibility index (Phi) is 6.49. The fourth-order valence-electron chi connectivity index (χ4n) is 6.16. The lowest BCUT2D eigenvalue weighted by Gasteiger charge is -2.34. The first-order chi connectivity index (χ1) is 20.5. The Morgan fingerprint density at radius 3 is 2.55 bits per heavy atom. The number of aromatic hydroxyl groups is 1. The van der Waals surface area contributed by atoms with Gasteiger partial charge in [0.15, 0.2) is 0 Å². The Morgan fingerprint density at radius 1 is 1.00 bits per heavy atom. The molecule has 0 spiro atoms. The van der Waals surface area contributed by atoms with E-state index in [1.54, 1.807) is 18.3 Å². The van der Waals surface area contributed by atoms with Crippen LogP contribution in [-0.4, -0.2) is 63.7 Å². The number of amides is 1. The third-order valence-corrected chi connectivity index (χ3v) is 8.44. The van der Waals surface area contributed by atoms with Gasteiger partial charge < -0.3 is 24.8 Å². The summed E-state index contributed by atoms with van der Waals surface area (Å²) in [6, 6.07) is 20.2. The zero-order valence-electron chi connectivity index (χ0n) is 23.3. The number of aryl methyl sites for hydroxylation is 2. The van der Waals surface area contributed by atoms with Crippen LogP contribution >= 0.6 is 0 Å². The number of hydrogen-bond donors (Lipinski definition) is 2. The molecule has 0 unspecified atom stereocenters. The molecule has 3 aromatic carbocycles. The van der Waals surface area contributed by atoms with E-state index in [2.05, 4.69) is 25.8 Å². The molecule has 0 radical (unpaired) electrons. The molecule has 2 aliphatic rings. The number of anilines is 2. The Balaban J connectivity index is 1.12. The fourth-order valence-corrected chi connectivity index (χ4v) is 6.16. The summed E-state index contributed by atoms with van der Waals surface area (Å²) in [5.74, 6) is 0.582. The summed E-state index contributed by atoms with van der Waals surface area (Å²) in [5, 5.41) is 15.1. The molecule has 42 heavy (non-hydrogen) atoms. The summed E-state index contributed by atoms with van der Waals surface area (Å²) >= 11 is 0. The van der Waals surface area contributed by atoms with E-state index in [0.29, 0.717) is 49.7 Å². The summed E-state index contributed by atoms with van der Waals surface area (Å²) in [7, 11) is 1.85. The lowest BCUT2D eigenvalue weighted by atomic mass is 10.0. The number of nitrogens with zero attached hydrogens (tertiary/aromatic N) is 5. The van der Waals surface area contributed by atoms with Crippen LogP contribution < -0.4 is 10.2 Å². The van der Waals surface area contributed by atoms with Crippen molar-refractivity contribution < 1.29 is 14.3 Å². The minimum absolute atomic E-state index is 0.0273. The zero-order chi connectivity index (χ0) is 28.8. The van der Waals surface area contributed by atoms with Crippen molar-refractivity contribution in [3.8, 4) is 17.0 Å². The molecule has 8 nitrogen and oxygen atoms in total. The third-order valence-electron chi connectivity index (χ3n) is 8.44. The molecule has 0 atom stereocenters. The maximum atomic E-state index is 14.4. The van der Waals surface area contributed by atoms with Crippen LogP contribution in [0.5, 0.6) is 5.75 Å². The van der Waals surface area contributed by atoms with Crippen LogP contribution in [-0.2, 0) is 19.4 Å². The number of benzene rings is 3. The lowest BCUT2D eigenvalue weighted by molar-refractivity contribution is 0.0746. The van der Waals surface area contributed by atoms with E-state index in [4.69, 9.17) is 4.98 Å². The molecule has 0 saturated carbocycles. The van der Waals surface area contributed by atoms with Gasteiger partial charge in [-0.1, -0.05) is 18.2 Å². The van der Waals surface area contributed by atoms with Crippen LogP contribution in [0.2, 0.25) is 0 Å². The zero-order valence-corrected chi connectivity index (χ0v) is 23.3. The molecule has 1 saturated heterocycles. The smallest absolute Gasteiger partial charge is 0.253 e. The average molecular weight is 563 g/mol. The maximum Gasteiger partial charge on any atom is 0.253 e. The van der Waals surface area contributed by atoms with Crippen LogP contribution in [0.3, 0.4) is 0 Å². The van der Waals surface area contributed by atoms with Gasteiger partial charge in [-0.3, -0.25) is 4.79 Å². The predicted octanol–water partition coefficient (Wildman–Crippen LogP) is 5.09. The first-order valence-corrected chi connectivity index (χ1v) is 14.3. The number of halogens is 1. The summed E-state index contributed by atoms with van der Waals surface area (Å²) in [6.45, 7) is 3.19. The van der Waals surface area contributed by atoms with Gasteiger partial charge in [0, 0.05) is 74.6 Å². The Labute approximate surface area is 243 Å². The first kappa shape index (κ1) is 26.0. The molecule has 2 aromatic heterocycles. The van der Waals surface area contributed by atoms with E-state index >= 15 is 0 Å². The molecular formula is C33H31FN6O2. The minimum atomic E-state index is -0.268.